The molecule has 1 N–H and O–H groups in total. The van der Waals surface area contributed by atoms with Gasteiger partial charge in [-0.1, -0.05) is 12.1 Å². The van der Waals surface area contributed by atoms with Gasteiger partial charge in [-0.25, -0.2) is 0 Å². The normalized spacial score (nSPS) is 12.6. The van der Waals surface area contributed by atoms with Crippen molar-refractivity contribution in [2.75, 3.05) is 20.3 Å². The Morgan fingerprint density at radius 2 is 1.75 bits per heavy atom. The van der Waals surface area contributed by atoms with E-state index in [4.69, 9.17) is 9.47 Å². The number of rotatable bonds is 5. The molecule has 1 aromatic rings. The van der Waals surface area contributed by atoms with Crippen LogP contribution in [0.4, 0.5) is 0 Å². The molecular weight excluding hydrogens is 204 g/mol. The van der Waals surface area contributed by atoms with E-state index in [1.54, 1.807) is 7.11 Å². The first-order valence-electron chi connectivity index (χ1n) is 5.43. The zero-order chi connectivity index (χ0) is 12.1. The second-order valence-electron chi connectivity index (χ2n) is 4.07. The van der Waals surface area contributed by atoms with Crippen LogP contribution in [0.1, 0.15) is 16.7 Å². The van der Waals surface area contributed by atoms with Crippen molar-refractivity contribution >= 4 is 0 Å². The summed E-state index contributed by atoms with van der Waals surface area (Å²) in [5.41, 5.74) is 3.42. The van der Waals surface area contributed by atoms with Gasteiger partial charge in [-0.3, -0.25) is 0 Å². The Balaban J connectivity index is 2.70. The van der Waals surface area contributed by atoms with Crippen LogP contribution in [0.2, 0.25) is 0 Å². The summed E-state index contributed by atoms with van der Waals surface area (Å²) in [6.45, 7) is 6.64. The zero-order valence-electron chi connectivity index (χ0n) is 10.4. The third-order valence-electron chi connectivity index (χ3n) is 2.65. The average Bonchev–Trinajstić information content (AvgIpc) is 2.24. The molecule has 0 amide bonds. The van der Waals surface area contributed by atoms with Crippen LogP contribution in [0.15, 0.2) is 12.1 Å². The van der Waals surface area contributed by atoms with E-state index in [1.807, 2.05) is 26.8 Å². The maximum atomic E-state index is 9.51. The van der Waals surface area contributed by atoms with E-state index in [9.17, 15) is 5.11 Å². The molecule has 1 aromatic carbocycles. The van der Waals surface area contributed by atoms with Gasteiger partial charge >= 0.3 is 0 Å². The molecule has 0 saturated carbocycles. The van der Waals surface area contributed by atoms with E-state index in [0.29, 0.717) is 6.61 Å². The molecule has 0 aliphatic carbocycles. The fourth-order valence-corrected chi connectivity index (χ4v) is 1.57. The quantitative estimate of drug-likeness (QED) is 0.831. The number of aryl methyl sites for hydroxylation is 2. The maximum absolute atomic E-state index is 9.51. The lowest BCUT2D eigenvalue weighted by atomic mass is 10.1. The van der Waals surface area contributed by atoms with Crippen molar-refractivity contribution in [3.05, 3.63) is 28.8 Å². The lowest BCUT2D eigenvalue weighted by Crippen LogP contribution is -2.23. The lowest BCUT2D eigenvalue weighted by molar-refractivity contribution is 0.0322. The fraction of sp³-hybridized carbons (Fsp3) is 0.538. The lowest BCUT2D eigenvalue weighted by Gasteiger charge is -2.16. The molecule has 0 aliphatic rings. The molecule has 0 heterocycles. The summed E-state index contributed by atoms with van der Waals surface area (Å²) < 4.78 is 10.5. The Morgan fingerprint density at radius 3 is 2.38 bits per heavy atom. The van der Waals surface area contributed by atoms with Gasteiger partial charge in [-0.2, -0.15) is 0 Å². The van der Waals surface area contributed by atoms with Crippen LogP contribution >= 0.6 is 0 Å². The fourth-order valence-electron chi connectivity index (χ4n) is 1.57. The van der Waals surface area contributed by atoms with E-state index >= 15 is 0 Å². The second kappa shape index (κ2) is 5.87. The number of ether oxygens (including phenoxy) is 2. The minimum Gasteiger partial charge on any atom is -0.490 e. The first kappa shape index (κ1) is 13.0. The molecule has 0 bridgehead atoms. The molecular formula is C13H20O3. The Bertz CT molecular complexity index is 347. The molecule has 1 rings (SSSR count). The summed E-state index contributed by atoms with van der Waals surface area (Å²) in [4.78, 5) is 0. The highest BCUT2D eigenvalue weighted by Gasteiger charge is 2.09. The summed E-state index contributed by atoms with van der Waals surface area (Å²) in [5, 5.41) is 9.51. The molecule has 0 fully saturated rings. The third kappa shape index (κ3) is 3.22. The summed E-state index contributed by atoms with van der Waals surface area (Å²) >= 11 is 0. The standard InChI is InChI=1S/C13H20O3/c1-9-5-6-10(2)13(11(9)3)16-8-12(14)7-15-4/h5-6,12,14H,7-8H2,1-4H3. The van der Waals surface area contributed by atoms with Crippen LogP contribution < -0.4 is 4.74 Å². The van der Waals surface area contributed by atoms with E-state index in [2.05, 4.69) is 6.07 Å². The van der Waals surface area contributed by atoms with Gasteiger partial charge in [-0.05, 0) is 37.5 Å². The highest BCUT2D eigenvalue weighted by Crippen LogP contribution is 2.25. The highest BCUT2D eigenvalue weighted by molar-refractivity contribution is 5.44. The molecule has 1 unspecified atom stereocenters. The molecule has 90 valence electrons. The van der Waals surface area contributed by atoms with Crippen LogP contribution in [0, 0.1) is 20.8 Å². The van der Waals surface area contributed by atoms with Crippen molar-refractivity contribution in [2.45, 2.75) is 26.9 Å². The minimum atomic E-state index is -0.579. The number of aliphatic hydroxyl groups excluding tert-OH is 1. The van der Waals surface area contributed by atoms with Gasteiger partial charge in [0, 0.05) is 7.11 Å². The van der Waals surface area contributed by atoms with Crippen LogP contribution in [0.3, 0.4) is 0 Å². The Hall–Kier alpha value is -1.06. The van der Waals surface area contributed by atoms with Crippen molar-refractivity contribution in [1.82, 2.24) is 0 Å². The Kier molecular flexibility index (Phi) is 4.77. The minimum absolute atomic E-state index is 0.263. The van der Waals surface area contributed by atoms with E-state index < -0.39 is 6.10 Å². The topological polar surface area (TPSA) is 38.7 Å². The SMILES string of the molecule is COCC(O)COc1c(C)ccc(C)c1C. The van der Waals surface area contributed by atoms with Gasteiger partial charge in [0.05, 0.1) is 6.61 Å². The molecule has 1 atom stereocenters. The maximum Gasteiger partial charge on any atom is 0.125 e. The van der Waals surface area contributed by atoms with Crippen molar-refractivity contribution in [3.8, 4) is 5.75 Å². The zero-order valence-corrected chi connectivity index (χ0v) is 10.4. The van der Waals surface area contributed by atoms with Gasteiger partial charge in [-0.15, -0.1) is 0 Å². The monoisotopic (exact) mass is 224 g/mol. The van der Waals surface area contributed by atoms with Crippen LogP contribution in [-0.4, -0.2) is 31.5 Å². The average molecular weight is 224 g/mol. The van der Waals surface area contributed by atoms with Gasteiger partial charge in [0.2, 0.25) is 0 Å². The predicted octanol–water partition coefficient (Wildman–Crippen LogP) is 2.00. The molecule has 3 heteroatoms. The first-order valence-corrected chi connectivity index (χ1v) is 5.43. The molecule has 0 radical (unpaired) electrons. The number of hydrogen-bond donors (Lipinski definition) is 1. The molecule has 0 aromatic heterocycles. The number of hydrogen-bond acceptors (Lipinski definition) is 3. The van der Waals surface area contributed by atoms with E-state index in [-0.39, 0.29) is 6.61 Å². The Labute approximate surface area is 97.0 Å². The number of methoxy groups -OCH3 is 1. The summed E-state index contributed by atoms with van der Waals surface area (Å²) in [6, 6.07) is 4.10. The smallest absolute Gasteiger partial charge is 0.125 e. The van der Waals surface area contributed by atoms with Crippen LogP contribution in [-0.2, 0) is 4.74 Å². The molecule has 16 heavy (non-hydrogen) atoms. The van der Waals surface area contributed by atoms with Gasteiger partial charge in [0.1, 0.15) is 18.5 Å². The second-order valence-corrected chi connectivity index (χ2v) is 4.07. The highest BCUT2D eigenvalue weighted by atomic mass is 16.5. The molecule has 0 spiro atoms. The largest absolute Gasteiger partial charge is 0.490 e. The summed E-state index contributed by atoms with van der Waals surface area (Å²) in [5.74, 6) is 0.871. The van der Waals surface area contributed by atoms with Gasteiger partial charge < -0.3 is 14.6 Å². The number of aliphatic hydroxyl groups is 1. The molecule has 0 saturated heterocycles. The number of benzene rings is 1. The van der Waals surface area contributed by atoms with Gasteiger partial charge in [0.25, 0.3) is 0 Å². The van der Waals surface area contributed by atoms with Gasteiger partial charge in [0.15, 0.2) is 0 Å². The predicted molar refractivity (Wildman–Crippen MR) is 64.0 cm³/mol. The van der Waals surface area contributed by atoms with Crippen LogP contribution in [0.25, 0.3) is 0 Å². The van der Waals surface area contributed by atoms with Crippen molar-refractivity contribution < 1.29 is 14.6 Å². The van der Waals surface area contributed by atoms with E-state index in [1.165, 1.54) is 5.56 Å². The first-order chi connectivity index (χ1) is 7.56. The molecule has 3 nitrogen and oxygen atoms in total. The van der Waals surface area contributed by atoms with Crippen molar-refractivity contribution in [2.24, 2.45) is 0 Å². The van der Waals surface area contributed by atoms with Crippen LogP contribution in [0.5, 0.6) is 5.75 Å². The van der Waals surface area contributed by atoms with Crippen molar-refractivity contribution in [1.29, 1.82) is 0 Å². The summed E-state index contributed by atoms with van der Waals surface area (Å²) in [6.07, 6.45) is -0.579. The van der Waals surface area contributed by atoms with Crippen molar-refractivity contribution in [3.63, 3.8) is 0 Å². The Morgan fingerprint density at radius 1 is 1.12 bits per heavy atom. The summed E-state index contributed by atoms with van der Waals surface area (Å²) in [7, 11) is 1.56. The van der Waals surface area contributed by atoms with E-state index in [0.717, 1.165) is 16.9 Å². The third-order valence-corrected chi connectivity index (χ3v) is 2.65. The molecule has 0 aliphatic heterocycles.